The first kappa shape index (κ1) is 15.0. The maximum atomic E-state index is 11.8. The minimum atomic E-state index is -0.219. The van der Waals surface area contributed by atoms with Gasteiger partial charge in [0.1, 0.15) is 0 Å². The highest BCUT2D eigenvalue weighted by Gasteiger charge is 2.04. The Morgan fingerprint density at radius 1 is 1.40 bits per heavy atom. The van der Waals surface area contributed by atoms with Crippen molar-refractivity contribution in [2.75, 3.05) is 5.32 Å². The highest BCUT2D eigenvalue weighted by molar-refractivity contribution is 9.10. The molecule has 4 nitrogen and oxygen atoms in total. The van der Waals surface area contributed by atoms with Crippen molar-refractivity contribution < 1.29 is 4.79 Å². The van der Waals surface area contributed by atoms with E-state index < -0.39 is 0 Å². The van der Waals surface area contributed by atoms with Crippen LogP contribution in [0.2, 0.25) is 0 Å². The number of nitrogens with one attached hydrogen (secondary N) is 2. The molecule has 1 heterocycles. The molecule has 0 radical (unpaired) electrons. The third-order valence-electron chi connectivity index (χ3n) is 2.74. The highest BCUT2D eigenvalue weighted by Crippen LogP contribution is 2.19. The Kier molecular flexibility index (Phi) is 5.17. The quantitative estimate of drug-likeness (QED) is 0.781. The van der Waals surface area contributed by atoms with Crippen LogP contribution < -0.4 is 16.4 Å². The number of carbonyl (C=O) groups excluding carboxylic acids is 1. The van der Waals surface area contributed by atoms with Crippen LogP contribution in [0.4, 0.5) is 10.5 Å². The summed E-state index contributed by atoms with van der Waals surface area (Å²) in [5.41, 5.74) is 7.57. The summed E-state index contributed by atoms with van der Waals surface area (Å²) in [6.07, 6.45) is 0. The number of thiophene rings is 1. The van der Waals surface area contributed by atoms with Crippen molar-refractivity contribution in [2.24, 2.45) is 5.73 Å². The van der Waals surface area contributed by atoms with Gasteiger partial charge in [0, 0.05) is 26.5 Å². The fourth-order valence-electron chi connectivity index (χ4n) is 1.66. The first-order chi connectivity index (χ1) is 9.54. The number of nitrogens with two attached hydrogens (primary N) is 1. The molecule has 1 unspecified atom stereocenters. The Bertz CT molecular complexity index is 580. The molecule has 1 aromatic carbocycles. The molecule has 0 aliphatic rings. The Balaban J connectivity index is 1.84. The molecule has 1 atom stereocenters. The third kappa shape index (κ3) is 4.33. The van der Waals surface area contributed by atoms with E-state index in [1.54, 1.807) is 11.3 Å². The topological polar surface area (TPSA) is 67.1 Å². The molecule has 2 rings (SSSR count). The summed E-state index contributed by atoms with van der Waals surface area (Å²) >= 11 is 4.98. The van der Waals surface area contributed by atoms with E-state index in [1.165, 1.54) is 0 Å². The van der Waals surface area contributed by atoms with E-state index in [2.05, 4.69) is 26.6 Å². The first-order valence-electron chi connectivity index (χ1n) is 6.18. The molecular formula is C14H16BrN3OS. The van der Waals surface area contributed by atoms with Crippen LogP contribution in [0.15, 0.2) is 40.2 Å². The lowest BCUT2D eigenvalue weighted by atomic mass is 10.1. The zero-order chi connectivity index (χ0) is 14.5. The van der Waals surface area contributed by atoms with Gasteiger partial charge in [0.15, 0.2) is 0 Å². The van der Waals surface area contributed by atoms with Crippen molar-refractivity contribution in [1.82, 2.24) is 5.32 Å². The Morgan fingerprint density at radius 2 is 2.10 bits per heavy atom. The summed E-state index contributed by atoms with van der Waals surface area (Å²) in [6.45, 7) is 2.44. The number of urea groups is 1. The van der Waals surface area contributed by atoms with Crippen LogP contribution in [0.25, 0.3) is 0 Å². The molecular weight excluding hydrogens is 338 g/mol. The van der Waals surface area contributed by atoms with Gasteiger partial charge in [0.2, 0.25) is 0 Å². The second-order valence-corrected chi connectivity index (χ2v) is 6.36. The lowest BCUT2D eigenvalue weighted by molar-refractivity contribution is 0.252. The number of anilines is 1. The maximum Gasteiger partial charge on any atom is 0.319 e. The van der Waals surface area contributed by atoms with Gasteiger partial charge < -0.3 is 16.4 Å². The number of halogens is 1. The van der Waals surface area contributed by atoms with Crippen LogP contribution in [0, 0.1) is 0 Å². The summed E-state index contributed by atoms with van der Waals surface area (Å²) in [5.74, 6) is 0. The number of amides is 2. The van der Waals surface area contributed by atoms with E-state index >= 15 is 0 Å². The molecule has 0 aliphatic heterocycles. The molecule has 6 heteroatoms. The van der Waals surface area contributed by atoms with Crippen LogP contribution in [0.1, 0.15) is 23.4 Å². The maximum absolute atomic E-state index is 11.8. The number of benzene rings is 1. The molecule has 4 N–H and O–H groups in total. The minimum absolute atomic E-state index is 0.00449. The molecule has 0 bridgehead atoms. The number of hydrogen-bond donors (Lipinski definition) is 3. The molecule has 0 saturated heterocycles. The minimum Gasteiger partial charge on any atom is -0.333 e. The summed E-state index contributed by atoms with van der Waals surface area (Å²) in [4.78, 5) is 12.9. The van der Waals surface area contributed by atoms with Crippen LogP contribution >= 0.6 is 27.3 Å². The zero-order valence-electron chi connectivity index (χ0n) is 11.0. The number of hydrogen-bond acceptors (Lipinski definition) is 3. The van der Waals surface area contributed by atoms with Gasteiger partial charge in [-0.25, -0.2) is 4.79 Å². The van der Waals surface area contributed by atoms with Gasteiger partial charge in [-0.3, -0.25) is 0 Å². The first-order valence-corrected chi connectivity index (χ1v) is 7.85. The van der Waals surface area contributed by atoms with Gasteiger partial charge in [-0.05, 0) is 46.6 Å². The standard InChI is InChI=1S/C14H16BrN3OS/c1-9(16)10-2-4-12(5-3-10)18-14(19)17-7-13-6-11(15)8-20-13/h2-6,8-9H,7,16H2,1H3,(H2,17,18,19). The number of rotatable bonds is 4. The van der Waals surface area contributed by atoms with Crippen LogP contribution in [-0.4, -0.2) is 6.03 Å². The van der Waals surface area contributed by atoms with Crippen molar-refractivity contribution in [3.63, 3.8) is 0 Å². The molecule has 0 fully saturated rings. The Hall–Kier alpha value is -1.37. The van der Waals surface area contributed by atoms with Gasteiger partial charge >= 0.3 is 6.03 Å². The van der Waals surface area contributed by atoms with Gasteiger partial charge in [0.05, 0.1) is 6.54 Å². The summed E-state index contributed by atoms with van der Waals surface area (Å²) in [7, 11) is 0. The summed E-state index contributed by atoms with van der Waals surface area (Å²) < 4.78 is 1.03. The van der Waals surface area contributed by atoms with E-state index in [9.17, 15) is 4.79 Å². The van der Waals surface area contributed by atoms with Gasteiger partial charge in [-0.1, -0.05) is 12.1 Å². The average Bonchev–Trinajstić information content (AvgIpc) is 2.83. The molecule has 1 aromatic heterocycles. The Labute approximate surface area is 130 Å². The largest absolute Gasteiger partial charge is 0.333 e. The van der Waals surface area contributed by atoms with Crippen molar-refractivity contribution in [2.45, 2.75) is 19.5 Å². The smallest absolute Gasteiger partial charge is 0.319 e. The predicted octanol–water partition coefficient (Wildman–Crippen LogP) is 3.85. The second-order valence-electron chi connectivity index (χ2n) is 4.45. The highest BCUT2D eigenvalue weighted by atomic mass is 79.9. The molecule has 2 amide bonds. The average molecular weight is 354 g/mol. The van der Waals surface area contributed by atoms with Crippen molar-refractivity contribution in [3.05, 3.63) is 50.6 Å². The lowest BCUT2D eigenvalue weighted by Crippen LogP contribution is -2.27. The zero-order valence-corrected chi connectivity index (χ0v) is 13.4. The third-order valence-corrected chi connectivity index (χ3v) is 4.44. The molecule has 106 valence electrons. The lowest BCUT2D eigenvalue weighted by Gasteiger charge is -2.09. The van der Waals surface area contributed by atoms with Crippen LogP contribution in [-0.2, 0) is 6.54 Å². The Morgan fingerprint density at radius 3 is 2.65 bits per heavy atom. The van der Waals surface area contributed by atoms with Gasteiger partial charge in [-0.15, -0.1) is 11.3 Å². The normalized spacial score (nSPS) is 11.9. The van der Waals surface area contributed by atoms with E-state index in [0.717, 1.165) is 20.6 Å². The van der Waals surface area contributed by atoms with Crippen molar-refractivity contribution in [1.29, 1.82) is 0 Å². The summed E-state index contributed by atoms with van der Waals surface area (Å²) in [5, 5.41) is 7.59. The summed E-state index contributed by atoms with van der Waals surface area (Å²) in [6, 6.07) is 9.29. The monoisotopic (exact) mass is 353 g/mol. The van der Waals surface area contributed by atoms with Crippen LogP contribution in [0.5, 0.6) is 0 Å². The van der Waals surface area contributed by atoms with E-state index in [4.69, 9.17) is 5.73 Å². The molecule has 0 spiro atoms. The molecule has 2 aromatic rings. The van der Waals surface area contributed by atoms with Gasteiger partial charge in [0.25, 0.3) is 0 Å². The number of carbonyl (C=O) groups is 1. The second kappa shape index (κ2) is 6.88. The van der Waals surface area contributed by atoms with E-state index in [0.29, 0.717) is 6.54 Å². The fourth-order valence-corrected chi connectivity index (χ4v) is 3.05. The van der Waals surface area contributed by atoms with Crippen molar-refractivity contribution in [3.8, 4) is 0 Å². The van der Waals surface area contributed by atoms with Crippen LogP contribution in [0.3, 0.4) is 0 Å². The van der Waals surface area contributed by atoms with Crippen molar-refractivity contribution >= 4 is 39.0 Å². The SMILES string of the molecule is CC(N)c1ccc(NC(=O)NCc2cc(Br)cs2)cc1. The van der Waals surface area contributed by atoms with E-state index in [1.807, 2.05) is 42.6 Å². The molecule has 0 saturated carbocycles. The predicted molar refractivity (Wildman–Crippen MR) is 86.9 cm³/mol. The fraction of sp³-hybridized carbons (Fsp3) is 0.214. The van der Waals surface area contributed by atoms with Gasteiger partial charge in [-0.2, -0.15) is 0 Å². The molecule has 0 aliphatic carbocycles. The molecule has 20 heavy (non-hydrogen) atoms. The van der Waals surface area contributed by atoms with E-state index in [-0.39, 0.29) is 12.1 Å².